The predicted molar refractivity (Wildman–Crippen MR) is 88.2 cm³/mol. The van der Waals surface area contributed by atoms with Crippen molar-refractivity contribution in [3.8, 4) is 5.75 Å². The molecular weight excluding hydrogens is 292 g/mol. The Labute approximate surface area is 135 Å². The number of carbonyl (C=O) groups is 2. The molecule has 5 heteroatoms. The molecule has 0 heterocycles. The SMILES string of the molecule is COc1cccc(CN(C)C(=O)CNC(=O)c2ccccc2)c1. The number of nitrogens with zero attached hydrogens (tertiary/aromatic N) is 1. The van der Waals surface area contributed by atoms with Gasteiger partial charge < -0.3 is 15.0 Å². The quantitative estimate of drug-likeness (QED) is 0.888. The van der Waals surface area contributed by atoms with Crippen LogP contribution in [0.25, 0.3) is 0 Å². The highest BCUT2D eigenvalue weighted by atomic mass is 16.5. The molecule has 23 heavy (non-hydrogen) atoms. The second-order valence-corrected chi connectivity index (χ2v) is 5.15. The van der Waals surface area contributed by atoms with Crippen molar-refractivity contribution in [2.45, 2.75) is 6.54 Å². The third-order valence-electron chi connectivity index (χ3n) is 3.42. The molecule has 120 valence electrons. The molecule has 0 saturated carbocycles. The van der Waals surface area contributed by atoms with Gasteiger partial charge in [-0.3, -0.25) is 9.59 Å². The van der Waals surface area contributed by atoms with E-state index in [1.54, 1.807) is 43.3 Å². The number of ether oxygens (including phenoxy) is 1. The summed E-state index contributed by atoms with van der Waals surface area (Å²) in [6, 6.07) is 16.4. The van der Waals surface area contributed by atoms with Gasteiger partial charge in [0, 0.05) is 19.2 Å². The molecule has 0 aliphatic rings. The molecule has 2 amide bonds. The Morgan fingerprint density at radius 2 is 1.83 bits per heavy atom. The summed E-state index contributed by atoms with van der Waals surface area (Å²) in [5.41, 5.74) is 1.50. The van der Waals surface area contributed by atoms with Gasteiger partial charge in [0.2, 0.25) is 5.91 Å². The van der Waals surface area contributed by atoms with E-state index < -0.39 is 0 Å². The van der Waals surface area contributed by atoms with Crippen LogP contribution >= 0.6 is 0 Å². The molecule has 1 N–H and O–H groups in total. The average molecular weight is 312 g/mol. The summed E-state index contributed by atoms with van der Waals surface area (Å²) < 4.78 is 5.16. The Balaban J connectivity index is 1.86. The van der Waals surface area contributed by atoms with Crippen LogP contribution in [-0.2, 0) is 11.3 Å². The second-order valence-electron chi connectivity index (χ2n) is 5.15. The van der Waals surface area contributed by atoms with Crippen molar-refractivity contribution in [1.29, 1.82) is 0 Å². The van der Waals surface area contributed by atoms with Gasteiger partial charge >= 0.3 is 0 Å². The Hall–Kier alpha value is -2.82. The fourth-order valence-corrected chi connectivity index (χ4v) is 2.12. The Kier molecular flexibility index (Phi) is 5.74. The van der Waals surface area contributed by atoms with E-state index in [1.807, 2.05) is 30.3 Å². The van der Waals surface area contributed by atoms with Gasteiger partial charge in [0.15, 0.2) is 0 Å². The van der Waals surface area contributed by atoms with Gasteiger partial charge in [-0.1, -0.05) is 30.3 Å². The fourth-order valence-electron chi connectivity index (χ4n) is 2.12. The lowest BCUT2D eigenvalue weighted by Gasteiger charge is -2.18. The number of rotatable bonds is 6. The van der Waals surface area contributed by atoms with Crippen molar-refractivity contribution in [1.82, 2.24) is 10.2 Å². The van der Waals surface area contributed by atoms with Crippen LogP contribution in [0.1, 0.15) is 15.9 Å². The minimum absolute atomic E-state index is 0.0335. The number of amides is 2. The molecule has 0 saturated heterocycles. The van der Waals surface area contributed by atoms with Gasteiger partial charge in [-0.15, -0.1) is 0 Å². The van der Waals surface area contributed by atoms with Gasteiger partial charge in [-0.25, -0.2) is 0 Å². The first kappa shape index (κ1) is 16.5. The number of nitrogens with one attached hydrogen (secondary N) is 1. The molecule has 0 radical (unpaired) electrons. The molecule has 0 aliphatic heterocycles. The molecule has 2 aromatic carbocycles. The number of hydrogen-bond acceptors (Lipinski definition) is 3. The maximum absolute atomic E-state index is 12.1. The topological polar surface area (TPSA) is 58.6 Å². The summed E-state index contributed by atoms with van der Waals surface area (Å²) in [6.07, 6.45) is 0. The van der Waals surface area contributed by atoms with E-state index in [1.165, 1.54) is 0 Å². The van der Waals surface area contributed by atoms with Crippen LogP contribution in [0.5, 0.6) is 5.75 Å². The standard InChI is InChI=1S/C18H20N2O3/c1-20(13-14-7-6-10-16(11-14)23-2)17(21)12-19-18(22)15-8-4-3-5-9-15/h3-11H,12-13H2,1-2H3,(H,19,22). The van der Waals surface area contributed by atoms with Gasteiger partial charge in [0.05, 0.1) is 13.7 Å². The van der Waals surface area contributed by atoms with E-state index in [9.17, 15) is 9.59 Å². The van der Waals surface area contributed by atoms with E-state index in [0.717, 1.165) is 11.3 Å². The lowest BCUT2D eigenvalue weighted by molar-refractivity contribution is -0.129. The number of carbonyl (C=O) groups excluding carboxylic acids is 2. The average Bonchev–Trinajstić information content (AvgIpc) is 2.60. The van der Waals surface area contributed by atoms with Crippen LogP contribution in [-0.4, -0.2) is 37.4 Å². The van der Waals surface area contributed by atoms with E-state index in [-0.39, 0.29) is 18.4 Å². The first-order valence-corrected chi connectivity index (χ1v) is 7.30. The highest BCUT2D eigenvalue weighted by Crippen LogP contribution is 2.13. The second kappa shape index (κ2) is 7.98. The lowest BCUT2D eigenvalue weighted by atomic mass is 10.2. The van der Waals surface area contributed by atoms with Crippen LogP contribution in [0, 0.1) is 0 Å². The van der Waals surface area contributed by atoms with Crippen molar-refractivity contribution in [2.24, 2.45) is 0 Å². The van der Waals surface area contributed by atoms with Gasteiger partial charge in [0.1, 0.15) is 5.75 Å². The highest BCUT2D eigenvalue weighted by Gasteiger charge is 2.12. The van der Waals surface area contributed by atoms with Crippen molar-refractivity contribution >= 4 is 11.8 Å². The number of hydrogen-bond donors (Lipinski definition) is 1. The molecule has 0 aromatic heterocycles. The Bertz CT molecular complexity index is 671. The molecule has 5 nitrogen and oxygen atoms in total. The third-order valence-corrected chi connectivity index (χ3v) is 3.42. The molecule has 2 rings (SSSR count). The van der Waals surface area contributed by atoms with E-state index in [4.69, 9.17) is 4.74 Å². The summed E-state index contributed by atoms with van der Waals surface area (Å²) in [5.74, 6) is 0.339. The van der Waals surface area contributed by atoms with E-state index in [2.05, 4.69) is 5.32 Å². The molecule has 2 aromatic rings. The zero-order valence-corrected chi connectivity index (χ0v) is 13.3. The molecule has 0 unspecified atom stereocenters. The monoisotopic (exact) mass is 312 g/mol. The first-order valence-electron chi connectivity index (χ1n) is 7.30. The Morgan fingerprint density at radius 1 is 1.09 bits per heavy atom. The number of benzene rings is 2. The summed E-state index contributed by atoms with van der Waals surface area (Å²) in [7, 11) is 3.31. The fraction of sp³-hybridized carbons (Fsp3) is 0.222. The largest absolute Gasteiger partial charge is 0.497 e. The van der Waals surface area contributed by atoms with Gasteiger partial charge in [-0.05, 0) is 29.8 Å². The smallest absolute Gasteiger partial charge is 0.251 e. The van der Waals surface area contributed by atoms with Crippen LogP contribution in [0.15, 0.2) is 54.6 Å². The van der Waals surface area contributed by atoms with Crippen molar-refractivity contribution < 1.29 is 14.3 Å². The normalized spacial score (nSPS) is 10.0. The van der Waals surface area contributed by atoms with Gasteiger partial charge in [0.25, 0.3) is 5.91 Å². The molecule has 0 spiro atoms. The molecule has 0 atom stereocenters. The van der Waals surface area contributed by atoms with Crippen LogP contribution in [0.4, 0.5) is 0 Å². The van der Waals surface area contributed by atoms with Crippen LogP contribution in [0.2, 0.25) is 0 Å². The van der Waals surface area contributed by atoms with Crippen molar-refractivity contribution in [3.63, 3.8) is 0 Å². The van der Waals surface area contributed by atoms with Crippen molar-refractivity contribution in [3.05, 3.63) is 65.7 Å². The molecule has 0 aliphatic carbocycles. The highest BCUT2D eigenvalue weighted by molar-refractivity contribution is 5.96. The zero-order valence-electron chi connectivity index (χ0n) is 13.3. The van der Waals surface area contributed by atoms with E-state index in [0.29, 0.717) is 12.1 Å². The minimum atomic E-state index is -0.256. The first-order chi connectivity index (χ1) is 11.1. The van der Waals surface area contributed by atoms with Crippen LogP contribution < -0.4 is 10.1 Å². The molecular formula is C18H20N2O3. The third kappa shape index (κ3) is 4.85. The van der Waals surface area contributed by atoms with E-state index >= 15 is 0 Å². The number of likely N-dealkylation sites (N-methyl/N-ethyl adjacent to an activating group) is 1. The van der Waals surface area contributed by atoms with Crippen molar-refractivity contribution in [2.75, 3.05) is 20.7 Å². The van der Waals surface area contributed by atoms with Crippen LogP contribution in [0.3, 0.4) is 0 Å². The summed E-state index contributed by atoms with van der Waals surface area (Å²) in [6.45, 7) is 0.422. The lowest BCUT2D eigenvalue weighted by Crippen LogP contribution is -2.37. The molecule has 0 fully saturated rings. The van der Waals surface area contributed by atoms with Gasteiger partial charge in [-0.2, -0.15) is 0 Å². The summed E-state index contributed by atoms with van der Waals surface area (Å²) in [5, 5.41) is 2.63. The molecule has 0 bridgehead atoms. The Morgan fingerprint density at radius 3 is 2.52 bits per heavy atom. The summed E-state index contributed by atoms with van der Waals surface area (Å²) >= 11 is 0. The minimum Gasteiger partial charge on any atom is -0.497 e. The predicted octanol–water partition coefficient (Wildman–Crippen LogP) is 2.08. The maximum atomic E-state index is 12.1. The number of methoxy groups -OCH3 is 1. The summed E-state index contributed by atoms with van der Waals surface area (Å²) in [4.78, 5) is 25.6. The zero-order chi connectivity index (χ0) is 16.7. The maximum Gasteiger partial charge on any atom is 0.251 e.